The molecule has 12 nitrogen and oxygen atoms in total. The van der Waals surface area contributed by atoms with Crippen LogP contribution in [0.4, 0.5) is 21.9 Å². The Bertz CT molecular complexity index is 2690. The van der Waals surface area contributed by atoms with Crippen molar-refractivity contribution in [1.82, 2.24) is 4.98 Å². The fourth-order valence-corrected chi connectivity index (χ4v) is 7.95. The Hall–Kier alpha value is -5.74. The van der Waals surface area contributed by atoms with Gasteiger partial charge in [-0.1, -0.05) is 101 Å². The number of benzene rings is 4. The van der Waals surface area contributed by atoms with Crippen molar-refractivity contribution in [2.45, 2.75) is 110 Å². The molecule has 0 spiro atoms. The molecule has 1 heterocycles. The number of nitrogens with one attached hydrogen (secondary N) is 1. The Morgan fingerprint density at radius 1 is 0.968 bits per heavy atom. The summed E-state index contributed by atoms with van der Waals surface area (Å²) < 4.78 is 12.3. The predicted octanol–water partition coefficient (Wildman–Crippen LogP) is 13.2. The number of Topliss-reactive ketones (excluding diaryl/α,β-unsaturated/α-hetero) is 1. The summed E-state index contributed by atoms with van der Waals surface area (Å²) in [5.41, 5.74) is 4.80. The molecular formula is C48H48Cl3N5O7. The third kappa shape index (κ3) is 10.1. The molecule has 1 aliphatic carbocycles. The van der Waals surface area contributed by atoms with Gasteiger partial charge >= 0.3 is 6.09 Å². The number of nitrogens with zero attached hydrogens (tertiary/aromatic N) is 4. The van der Waals surface area contributed by atoms with E-state index in [-0.39, 0.29) is 60.3 Å². The zero-order valence-electron chi connectivity index (χ0n) is 36.1. The van der Waals surface area contributed by atoms with Gasteiger partial charge in [0.15, 0.2) is 5.58 Å². The molecule has 1 saturated carbocycles. The second kappa shape index (κ2) is 18.9. The second-order valence-corrected chi connectivity index (χ2v) is 18.3. The van der Waals surface area contributed by atoms with E-state index in [0.717, 1.165) is 48.9 Å². The summed E-state index contributed by atoms with van der Waals surface area (Å²) in [7, 11) is 0. The molecule has 0 aliphatic heterocycles. The standard InChI is InChI=1S/C48H48Cl3N5O7/c1-8-47(4,5)31-23-35(48(6,7)9-2)42-40(24-31)54-45(62-42)30(26-52)21-28-14-16-33(20-27(28)3)55(32-12-10-11-13-32)46(59)63-43(41(57)29-15-18-36(49)37(50)22-29)44(58)53-39-19-17-34(56(60)61)25-38(39)51/h14-25,32,43H,8-13H2,1-7H3,(H,53,58)/b30-21+. The maximum Gasteiger partial charge on any atom is 0.415 e. The van der Waals surface area contributed by atoms with Crippen molar-refractivity contribution in [3.8, 4) is 6.07 Å². The highest BCUT2D eigenvalue weighted by Crippen LogP contribution is 2.40. The van der Waals surface area contributed by atoms with Crippen molar-refractivity contribution in [1.29, 1.82) is 5.26 Å². The number of ketones is 1. The number of ether oxygens (including phenoxy) is 1. The number of halogens is 3. The van der Waals surface area contributed by atoms with Gasteiger partial charge < -0.3 is 14.5 Å². The van der Waals surface area contributed by atoms with Gasteiger partial charge in [-0.3, -0.25) is 24.6 Å². The van der Waals surface area contributed by atoms with Crippen molar-refractivity contribution in [2.75, 3.05) is 10.2 Å². The van der Waals surface area contributed by atoms with Crippen molar-refractivity contribution >= 4 is 92.4 Å². The molecule has 1 fully saturated rings. The molecule has 0 bridgehead atoms. The number of aryl methyl sites for hydroxylation is 1. The van der Waals surface area contributed by atoms with Crippen LogP contribution in [-0.2, 0) is 20.4 Å². The molecule has 1 atom stereocenters. The Balaban J connectivity index is 1.35. The van der Waals surface area contributed by atoms with E-state index in [2.05, 4.69) is 59.0 Å². The molecule has 6 rings (SSSR count). The predicted molar refractivity (Wildman–Crippen MR) is 248 cm³/mol. The van der Waals surface area contributed by atoms with Gasteiger partial charge in [0.2, 0.25) is 17.8 Å². The van der Waals surface area contributed by atoms with Gasteiger partial charge in [-0.15, -0.1) is 0 Å². The summed E-state index contributed by atoms with van der Waals surface area (Å²) in [6, 6.07) is 18.8. The SMILES string of the molecule is CCC(C)(C)c1cc(C(C)(C)CC)c2oc(/C(C#N)=C/c3ccc(N(C(=O)OC(C(=O)Nc4ccc([N+](=O)[O-])cc4Cl)C(=O)c4ccc(Cl)c(Cl)c4)C4CCCC4)cc3C)nc2c1. The number of carbonyl (C=O) groups is 3. The van der Waals surface area contributed by atoms with Crippen LogP contribution in [0.1, 0.15) is 119 Å². The minimum absolute atomic E-state index is 0.0367. The quantitative estimate of drug-likeness (QED) is 0.0374. The van der Waals surface area contributed by atoms with Crippen LogP contribution in [0.3, 0.4) is 0 Å². The fourth-order valence-electron chi connectivity index (χ4n) is 7.43. The average molecular weight is 913 g/mol. The van der Waals surface area contributed by atoms with Gasteiger partial charge in [0, 0.05) is 35.0 Å². The van der Waals surface area contributed by atoms with Crippen molar-refractivity contribution in [3.05, 3.63) is 126 Å². The van der Waals surface area contributed by atoms with E-state index in [4.69, 9.17) is 48.9 Å². The summed E-state index contributed by atoms with van der Waals surface area (Å²) >= 11 is 18.6. The van der Waals surface area contributed by atoms with Gasteiger partial charge in [0.25, 0.3) is 11.6 Å². The number of amides is 2. The number of non-ortho nitro benzene ring substituents is 1. The number of fused-ring (bicyclic) bond motifs is 1. The minimum Gasteiger partial charge on any atom is -0.435 e. The number of hydrogen-bond donors (Lipinski definition) is 1. The Morgan fingerprint density at radius 2 is 1.67 bits per heavy atom. The third-order valence-electron chi connectivity index (χ3n) is 12.2. The topological polar surface area (TPSA) is 169 Å². The molecule has 2 amide bonds. The summed E-state index contributed by atoms with van der Waals surface area (Å²) in [4.78, 5) is 59.3. The number of carbonyl (C=O) groups excluding carboxylic acids is 3. The summed E-state index contributed by atoms with van der Waals surface area (Å²) in [5, 5.41) is 24.2. The summed E-state index contributed by atoms with van der Waals surface area (Å²) in [6.07, 6.45) is 3.42. The van der Waals surface area contributed by atoms with Gasteiger partial charge in [0.1, 0.15) is 17.2 Å². The lowest BCUT2D eigenvalue weighted by molar-refractivity contribution is -0.384. The number of anilines is 2. The largest absolute Gasteiger partial charge is 0.435 e. The van der Waals surface area contributed by atoms with Crippen LogP contribution in [0, 0.1) is 28.4 Å². The van der Waals surface area contributed by atoms with E-state index in [1.54, 1.807) is 24.3 Å². The zero-order valence-corrected chi connectivity index (χ0v) is 38.4. The molecule has 15 heteroatoms. The molecule has 1 N–H and O–H groups in total. The zero-order chi connectivity index (χ0) is 46.0. The first-order valence-corrected chi connectivity index (χ1v) is 21.8. The van der Waals surface area contributed by atoms with E-state index in [0.29, 0.717) is 40.8 Å². The first kappa shape index (κ1) is 46.8. The maximum atomic E-state index is 14.4. The molecule has 63 heavy (non-hydrogen) atoms. The lowest BCUT2D eigenvalue weighted by Gasteiger charge is -2.30. The number of aromatic nitrogens is 1. The molecule has 1 aliphatic rings. The van der Waals surface area contributed by atoms with E-state index in [1.807, 2.05) is 13.0 Å². The van der Waals surface area contributed by atoms with E-state index >= 15 is 0 Å². The summed E-state index contributed by atoms with van der Waals surface area (Å²) in [6.45, 7) is 14.9. The van der Waals surface area contributed by atoms with E-state index < -0.39 is 28.8 Å². The highest BCUT2D eigenvalue weighted by molar-refractivity contribution is 6.42. The first-order chi connectivity index (χ1) is 29.8. The number of nitro groups is 1. The maximum absolute atomic E-state index is 14.4. The molecule has 4 aromatic carbocycles. The van der Waals surface area contributed by atoms with E-state index in [1.165, 1.54) is 29.2 Å². The Kier molecular flexibility index (Phi) is 14.1. The minimum atomic E-state index is -2.05. The third-order valence-corrected chi connectivity index (χ3v) is 13.2. The van der Waals surface area contributed by atoms with Crippen molar-refractivity contribution in [3.63, 3.8) is 0 Å². The second-order valence-electron chi connectivity index (χ2n) is 17.1. The molecule has 328 valence electrons. The molecular weight excluding hydrogens is 865 g/mol. The van der Waals surface area contributed by atoms with Crippen LogP contribution in [0.2, 0.25) is 15.1 Å². The molecule has 1 aromatic heterocycles. The first-order valence-electron chi connectivity index (χ1n) is 20.7. The number of oxazole rings is 1. The monoisotopic (exact) mass is 911 g/mol. The van der Waals surface area contributed by atoms with Gasteiger partial charge in [-0.25, -0.2) is 9.78 Å². The van der Waals surface area contributed by atoms with Crippen LogP contribution >= 0.6 is 34.8 Å². The number of nitriles is 1. The van der Waals surface area contributed by atoms with Crippen LogP contribution in [-0.4, -0.2) is 39.8 Å². The smallest absolute Gasteiger partial charge is 0.415 e. The van der Waals surface area contributed by atoms with E-state index in [9.17, 15) is 29.8 Å². The number of allylic oxidation sites excluding steroid dienone is 1. The lowest BCUT2D eigenvalue weighted by atomic mass is 9.76. The molecule has 0 radical (unpaired) electrons. The number of hydrogen-bond acceptors (Lipinski definition) is 9. The van der Waals surface area contributed by atoms with Gasteiger partial charge in [0.05, 0.1) is 25.7 Å². The molecule has 1 unspecified atom stereocenters. The highest BCUT2D eigenvalue weighted by atomic mass is 35.5. The number of rotatable bonds is 14. The summed E-state index contributed by atoms with van der Waals surface area (Å²) in [5.74, 6) is -1.77. The van der Waals surface area contributed by atoms with Crippen LogP contribution < -0.4 is 10.2 Å². The molecule has 5 aromatic rings. The van der Waals surface area contributed by atoms with Crippen LogP contribution in [0.15, 0.2) is 71.1 Å². The fraction of sp³-hybridized carbons (Fsp3) is 0.354. The van der Waals surface area contributed by atoms with Crippen molar-refractivity contribution < 1.29 is 28.5 Å². The normalized spacial score (nSPS) is 14.0. The van der Waals surface area contributed by atoms with Crippen molar-refractivity contribution in [2.24, 2.45) is 0 Å². The molecule has 0 saturated heterocycles. The lowest BCUT2D eigenvalue weighted by Crippen LogP contribution is -2.46. The highest BCUT2D eigenvalue weighted by Gasteiger charge is 2.37. The van der Waals surface area contributed by atoms with Crippen LogP contribution in [0.25, 0.3) is 22.7 Å². The van der Waals surface area contributed by atoms with Gasteiger partial charge in [-0.2, -0.15) is 5.26 Å². The van der Waals surface area contributed by atoms with Gasteiger partial charge in [-0.05, 0) is 109 Å². The Labute approximate surface area is 381 Å². The van der Waals surface area contributed by atoms with Crippen LogP contribution in [0.5, 0.6) is 0 Å². The number of nitro benzene ring substituents is 1. The Morgan fingerprint density at radius 3 is 2.27 bits per heavy atom. The average Bonchev–Trinajstić information content (AvgIpc) is 3.94.